The quantitative estimate of drug-likeness (QED) is 0.678. The van der Waals surface area contributed by atoms with E-state index >= 15 is 0 Å². The van der Waals surface area contributed by atoms with Crippen LogP contribution in [-0.2, 0) is 9.53 Å². The van der Waals surface area contributed by atoms with E-state index in [1.807, 2.05) is 0 Å². The van der Waals surface area contributed by atoms with Gasteiger partial charge in [0.15, 0.2) is 0 Å². The van der Waals surface area contributed by atoms with Crippen molar-refractivity contribution >= 4 is 5.97 Å². The molecule has 0 unspecified atom stereocenters. The standard InChI is InChI=1S/C6H4F6O3/c7-3(1-5(8,9)10)6(11,12)15-2-4(13)14/h1H,2H2,(H,13,14)/p-1. The van der Waals surface area contributed by atoms with Gasteiger partial charge in [0, 0.05) is 0 Å². The highest BCUT2D eigenvalue weighted by Gasteiger charge is 2.40. The Labute approximate surface area is 78.9 Å². The Kier molecular flexibility index (Phi) is 4.14. The molecule has 0 aliphatic heterocycles. The Bertz CT molecular complexity index is 269. The van der Waals surface area contributed by atoms with Crippen molar-refractivity contribution < 1.29 is 41.0 Å². The largest absolute Gasteiger partial charge is 0.548 e. The minimum atomic E-state index is -5.29. The summed E-state index contributed by atoms with van der Waals surface area (Å²) in [6.07, 6.45) is -11.6. The van der Waals surface area contributed by atoms with E-state index in [4.69, 9.17) is 0 Å². The molecule has 0 fully saturated rings. The third-order valence-electron chi connectivity index (χ3n) is 0.940. The number of ether oxygens (including phenoxy) is 1. The molecule has 0 saturated carbocycles. The molecule has 9 heteroatoms. The molecule has 0 radical (unpaired) electrons. The van der Waals surface area contributed by atoms with Gasteiger partial charge in [0.1, 0.15) is 0 Å². The minimum Gasteiger partial charge on any atom is -0.548 e. The summed E-state index contributed by atoms with van der Waals surface area (Å²) in [5, 5.41) is 9.62. The Morgan fingerprint density at radius 3 is 2.07 bits per heavy atom. The van der Waals surface area contributed by atoms with Gasteiger partial charge in [-0.05, 0) is 0 Å². The summed E-state index contributed by atoms with van der Waals surface area (Å²) in [7, 11) is 0. The van der Waals surface area contributed by atoms with Crippen LogP contribution in [0.15, 0.2) is 11.9 Å². The maximum absolute atomic E-state index is 12.3. The number of halogens is 6. The highest BCUT2D eigenvalue weighted by atomic mass is 19.4. The second kappa shape index (κ2) is 4.51. The van der Waals surface area contributed by atoms with Crippen LogP contribution in [0.2, 0.25) is 0 Å². The molecule has 0 aromatic carbocycles. The number of carboxylic acids is 1. The predicted molar refractivity (Wildman–Crippen MR) is 31.2 cm³/mol. The summed E-state index contributed by atoms with van der Waals surface area (Å²) in [4.78, 5) is 9.62. The van der Waals surface area contributed by atoms with Crippen LogP contribution in [0, 0.1) is 0 Å². The first kappa shape index (κ1) is 13.8. The molecule has 0 aliphatic carbocycles. The first-order chi connectivity index (χ1) is 6.54. The van der Waals surface area contributed by atoms with Crippen LogP contribution in [0.4, 0.5) is 26.3 Å². The molecule has 0 amide bonds. The fraction of sp³-hybridized carbons (Fsp3) is 0.500. The van der Waals surface area contributed by atoms with Gasteiger partial charge in [0.05, 0.1) is 18.7 Å². The summed E-state index contributed by atoms with van der Waals surface area (Å²) in [5.74, 6) is -5.05. The zero-order valence-electron chi connectivity index (χ0n) is 6.78. The van der Waals surface area contributed by atoms with Crippen LogP contribution in [-0.4, -0.2) is 24.9 Å². The smallest absolute Gasteiger partial charge is 0.412 e. The van der Waals surface area contributed by atoms with Crippen molar-refractivity contribution in [3.63, 3.8) is 0 Å². The van der Waals surface area contributed by atoms with Crippen LogP contribution >= 0.6 is 0 Å². The molecule has 0 aromatic rings. The molecule has 3 nitrogen and oxygen atoms in total. The van der Waals surface area contributed by atoms with Crippen LogP contribution < -0.4 is 5.11 Å². The van der Waals surface area contributed by atoms with Gasteiger partial charge in [-0.2, -0.15) is 22.0 Å². The summed E-state index contributed by atoms with van der Waals surface area (Å²) in [6.45, 7) is -1.73. The molecule has 0 rings (SSSR count). The molecule has 0 N–H and O–H groups in total. The van der Waals surface area contributed by atoms with Gasteiger partial charge in [-0.25, -0.2) is 4.39 Å². The first-order valence-electron chi connectivity index (χ1n) is 3.22. The van der Waals surface area contributed by atoms with E-state index < -0.39 is 36.8 Å². The molecule has 0 bridgehead atoms. The van der Waals surface area contributed by atoms with E-state index in [0.717, 1.165) is 0 Å². The third kappa shape index (κ3) is 5.94. The van der Waals surface area contributed by atoms with Gasteiger partial charge >= 0.3 is 12.3 Å². The Hall–Kier alpha value is -1.25. The SMILES string of the molecule is O=C([O-])COC(F)(F)C(F)=CC(F)(F)F. The van der Waals surface area contributed by atoms with Crippen molar-refractivity contribution in [2.75, 3.05) is 6.61 Å². The van der Waals surface area contributed by atoms with Crippen LogP contribution in [0.3, 0.4) is 0 Å². The van der Waals surface area contributed by atoms with Crippen LogP contribution in [0.25, 0.3) is 0 Å². The normalized spacial score (nSPS) is 14.1. The zero-order chi connectivity index (χ0) is 12.3. The molecule has 0 aromatic heterocycles. The minimum absolute atomic E-state index is 1.33. The van der Waals surface area contributed by atoms with Crippen molar-refractivity contribution in [1.29, 1.82) is 0 Å². The summed E-state index contributed by atoms with van der Waals surface area (Å²) >= 11 is 0. The lowest BCUT2D eigenvalue weighted by Gasteiger charge is -2.15. The number of allylic oxidation sites excluding steroid dienone is 1. The van der Waals surface area contributed by atoms with E-state index in [2.05, 4.69) is 4.74 Å². The maximum Gasteiger partial charge on any atom is 0.412 e. The molecular weight excluding hydrogens is 234 g/mol. The predicted octanol–water partition coefficient (Wildman–Crippen LogP) is 0.761. The lowest BCUT2D eigenvalue weighted by molar-refractivity contribution is -0.320. The summed E-state index contributed by atoms with van der Waals surface area (Å²) < 4.78 is 73.9. The third-order valence-corrected chi connectivity index (χ3v) is 0.940. The Morgan fingerprint density at radius 1 is 1.27 bits per heavy atom. The number of hydrogen-bond acceptors (Lipinski definition) is 3. The lowest BCUT2D eigenvalue weighted by atomic mass is 10.4. The van der Waals surface area contributed by atoms with Gasteiger partial charge in [-0.3, -0.25) is 0 Å². The van der Waals surface area contributed by atoms with Crippen molar-refractivity contribution in [2.45, 2.75) is 12.3 Å². The zero-order valence-corrected chi connectivity index (χ0v) is 6.78. The van der Waals surface area contributed by atoms with Crippen molar-refractivity contribution in [1.82, 2.24) is 0 Å². The van der Waals surface area contributed by atoms with E-state index in [-0.39, 0.29) is 0 Å². The number of rotatable bonds is 4. The molecule has 0 aliphatic rings. The number of alkyl halides is 5. The monoisotopic (exact) mass is 237 g/mol. The second-order valence-corrected chi connectivity index (χ2v) is 2.21. The van der Waals surface area contributed by atoms with E-state index in [1.54, 1.807) is 0 Å². The van der Waals surface area contributed by atoms with E-state index in [0.29, 0.717) is 0 Å². The van der Waals surface area contributed by atoms with E-state index in [1.165, 1.54) is 0 Å². The summed E-state index contributed by atoms with van der Waals surface area (Å²) in [5.41, 5.74) is 0. The van der Waals surface area contributed by atoms with Crippen molar-refractivity contribution in [3.8, 4) is 0 Å². The van der Waals surface area contributed by atoms with Gasteiger partial charge < -0.3 is 14.6 Å². The van der Waals surface area contributed by atoms with Crippen LogP contribution in [0.1, 0.15) is 0 Å². The summed E-state index contributed by atoms with van der Waals surface area (Å²) in [6, 6.07) is 0. The molecule has 0 atom stereocenters. The van der Waals surface area contributed by atoms with Gasteiger partial charge in [-0.1, -0.05) is 0 Å². The topological polar surface area (TPSA) is 49.4 Å². The number of carbonyl (C=O) groups is 1. The van der Waals surface area contributed by atoms with Gasteiger partial charge in [0.25, 0.3) is 0 Å². The second-order valence-electron chi connectivity index (χ2n) is 2.21. The number of carboxylic acid groups (broad SMARTS) is 1. The average Bonchev–Trinajstić information content (AvgIpc) is 1.97. The average molecular weight is 237 g/mol. The Morgan fingerprint density at radius 2 is 1.73 bits per heavy atom. The molecule has 0 spiro atoms. The van der Waals surface area contributed by atoms with E-state index in [9.17, 15) is 36.2 Å². The number of carbonyl (C=O) groups excluding carboxylic acids is 1. The van der Waals surface area contributed by atoms with Gasteiger partial charge in [-0.15, -0.1) is 0 Å². The highest BCUT2D eigenvalue weighted by Crippen LogP contribution is 2.30. The first-order valence-corrected chi connectivity index (χ1v) is 3.22. The lowest BCUT2D eigenvalue weighted by Crippen LogP contribution is -2.33. The molecule has 0 heterocycles. The van der Waals surface area contributed by atoms with Crippen molar-refractivity contribution in [2.24, 2.45) is 0 Å². The molecular formula is C6H3F6O3-. The highest BCUT2D eigenvalue weighted by molar-refractivity contribution is 5.65. The number of aliphatic carboxylic acids is 1. The van der Waals surface area contributed by atoms with Crippen molar-refractivity contribution in [3.05, 3.63) is 11.9 Å². The maximum atomic E-state index is 12.3. The molecule has 88 valence electrons. The fourth-order valence-electron chi connectivity index (χ4n) is 0.446. The van der Waals surface area contributed by atoms with Gasteiger partial charge in [0.2, 0.25) is 5.83 Å². The fourth-order valence-corrected chi connectivity index (χ4v) is 0.446. The Balaban J connectivity index is 4.58. The van der Waals surface area contributed by atoms with Crippen LogP contribution in [0.5, 0.6) is 0 Å². The number of hydrogen-bond donors (Lipinski definition) is 0. The molecule has 15 heavy (non-hydrogen) atoms. The molecule has 0 saturated heterocycles.